The Balaban J connectivity index is 1.59. The van der Waals surface area contributed by atoms with E-state index in [4.69, 9.17) is 0 Å². The smallest absolute Gasteiger partial charge is 0.275 e. The second kappa shape index (κ2) is 6.95. The first-order chi connectivity index (χ1) is 11.6. The van der Waals surface area contributed by atoms with Gasteiger partial charge in [0, 0.05) is 56.4 Å². The van der Waals surface area contributed by atoms with E-state index in [0.29, 0.717) is 18.6 Å². The molecular formula is C18H18N4O2. The summed E-state index contributed by atoms with van der Waals surface area (Å²) in [5.74, 6) is -0.202. The molecule has 0 atom stereocenters. The van der Waals surface area contributed by atoms with Gasteiger partial charge in [0.2, 0.25) is 5.91 Å². The maximum Gasteiger partial charge on any atom is 0.275 e. The van der Waals surface area contributed by atoms with Crippen LogP contribution in [0.2, 0.25) is 0 Å². The largest absolute Gasteiger partial charge is 0.351 e. The van der Waals surface area contributed by atoms with E-state index in [1.165, 1.54) is 6.08 Å². The van der Waals surface area contributed by atoms with Gasteiger partial charge in [-0.3, -0.25) is 14.6 Å². The SMILES string of the molecule is Cn1ccc2ccn(CCNC(=O)C=Cc3cccnc3)c(=O)c21. The lowest BCUT2D eigenvalue weighted by Crippen LogP contribution is -2.30. The van der Waals surface area contributed by atoms with Gasteiger partial charge in [0.15, 0.2) is 0 Å². The highest BCUT2D eigenvalue weighted by Gasteiger charge is 2.06. The molecule has 122 valence electrons. The lowest BCUT2D eigenvalue weighted by Gasteiger charge is -2.07. The van der Waals surface area contributed by atoms with E-state index in [0.717, 1.165) is 10.9 Å². The molecular weight excluding hydrogens is 304 g/mol. The van der Waals surface area contributed by atoms with Crippen LogP contribution in [-0.4, -0.2) is 26.6 Å². The molecule has 3 aromatic rings. The fourth-order valence-electron chi connectivity index (χ4n) is 2.51. The topological polar surface area (TPSA) is 68.9 Å². The number of aryl methyl sites for hydroxylation is 1. The van der Waals surface area contributed by atoms with E-state index in [-0.39, 0.29) is 11.5 Å². The second-order valence-corrected chi connectivity index (χ2v) is 5.46. The van der Waals surface area contributed by atoms with Crippen molar-refractivity contribution in [2.45, 2.75) is 6.54 Å². The number of fused-ring (bicyclic) bond motifs is 1. The monoisotopic (exact) mass is 322 g/mol. The van der Waals surface area contributed by atoms with Crippen LogP contribution >= 0.6 is 0 Å². The number of nitrogens with one attached hydrogen (secondary N) is 1. The van der Waals surface area contributed by atoms with E-state index in [2.05, 4.69) is 10.3 Å². The van der Waals surface area contributed by atoms with Crippen molar-refractivity contribution in [3.63, 3.8) is 0 Å². The Labute approximate surface area is 139 Å². The van der Waals surface area contributed by atoms with Crippen molar-refractivity contribution in [1.29, 1.82) is 0 Å². The number of pyridine rings is 2. The van der Waals surface area contributed by atoms with E-state index in [1.54, 1.807) is 29.2 Å². The molecule has 0 radical (unpaired) electrons. The summed E-state index contributed by atoms with van der Waals surface area (Å²) in [5, 5.41) is 3.69. The van der Waals surface area contributed by atoms with Crippen LogP contribution in [0.4, 0.5) is 0 Å². The maximum atomic E-state index is 12.4. The first kappa shape index (κ1) is 15.7. The maximum absolute atomic E-state index is 12.4. The summed E-state index contributed by atoms with van der Waals surface area (Å²) in [4.78, 5) is 28.2. The van der Waals surface area contributed by atoms with Crippen LogP contribution in [0.25, 0.3) is 17.0 Å². The molecule has 0 saturated carbocycles. The Morgan fingerprint density at radius 1 is 1.29 bits per heavy atom. The molecule has 0 aromatic carbocycles. The summed E-state index contributed by atoms with van der Waals surface area (Å²) >= 11 is 0. The highest BCUT2D eigenvalue weighted by molar-refractivity contribution is 5.91. The quantitative estimate of drug-likeness (QED) is 0.725. The minimum absolute atomic E-state index is 0.0554. The summed E-state index contributed by atoms with van der Waals surface area (Å²) < 4.78 is 3.41. The standard InChI is InChI=1S/C18H18N4O2/c1-21-10-6-15-7-11-22(18(24)17(15)21)12-9-20-16(23)5-4-14-3-2-8-19-13-14/h2-8,10-11,13H,9,12H2,1H3,(H,20,23). The number of hydrogen-bond acceptors (Lipinski definition) is 3. The van der Waals surface area contributed by atoms with Gasteiger partial charge in [-0.05, 0) is 29.8 Å². The Kier molecular flexibility index (Phi) is 4.56. The summed E-state index contributed by atoms with van der Waals surface area (Å²) in [6.07, 6.45) is 10.1. The van der Waals surface area contributed by atoms with Crippen molar-refractivity contribution < 1.29 is 4.79 Å². The minimum Gasteiger partial charge on any atom is -0.351 e. The molecule has 6 heteroatoms. The van der Waals surface area contributed by atoms with Gasteiger partial charge >= 0.3 is 0 Å². The molecule has 0 fully saturated rings. The van der Waals surface area contributed by atoms with Gasteiger partial charge < -0.3 is 14.5 Å². The molecule has 3 heterocycles. The van der Waals surface area contributed by atoms with Crippen LogP contribution < -0.4 is 10.9 Å². The lowest BCUT2D eigenvalue weighted by atomic mass is 10.2. The molecule has 0 bridgehead atoms. The van der Waals surface area contributed by atoms with Crippen molar-refractivity contribution in [1.82, 2.24) is 19.4 Å². The van der Waals surface area contributed by atoms with E-state index in [9.17, 15) is 9.59 Å². The summed E-state index contributed by atoms with van der Waals surface area (Å²) in [6.45, 7) is 0.804. The van der Waals surface area contributed by atoms with E-state index in [1.807, 2.05) is 42.1 Å². The number of hydrogen-bond donors (Lipinski definition) is 1. The summed E-state index contributed by atoms with van der Waals surface area (Å²) in [6, 6.07) is 7.49. The van der Waals surface area contributed by atoms with Gasteiger partial charge in [-0.2, -0.15) is 0 Å². The molecule has 3 aromatic heterocycles. The molecule has 0 aliphatic rings. The Morgan fingerprint density at radius 3 is 2.92 bits per heavy atom. The number of carbonyl (C=O) groups excluding carboxylic acids is 1. The Hall–Kier alpha value is -3.15. The van der Waals surface area contributed by atoms with Gasteiger partial charge in [0.1, 0.15) is 5.52 Å². The molecule has 1 N–H and O–H groups in total. The van der Waals surface area contributed by atoms with Crippen molar-refractivity contribution in [3.8, 4) is 0 Å². The van der Waals surface area contributed by atoms with Crippen LogP contribution in [0, 0.1) is 0 Å². The third kappa shape index (κ3) is 3.43. The van der Waals surface area contributed by atoms with Crippen LogP contribution in [0.1, 0.15) is 5.56 Å². The highest BCUT2D eigenvalue weighted by atomic mass is 16.1. The summed E-state index contributed by atoms with van der Waals surface area (Å²) in [7, 11) is 1.85. The molecule has 0 unspecified atom stereocenters. The van der Waals surface area contributed by atoms with Gasteiger partial charge in [-0.15, -0.1) is 0 Å². The third-order valence-electron chi connectivity index (χ3n) is 3.76. The Morgan fingerprint density at radius 2 is 2.12 bits per heavy atom. The van der Waals surface area contributed by atoms with E-state index >= 15 is 0 Å². The lowest BCUT2D eigenvalue weighted by molar-refractivity contribution is -0.116. The molecule has 0 spiro atoms. The normalized spacial score (nSPS) is 11.2. The second-order valence-electron chi connectivity index (χ2n) is 5.46. The first-order valence-corrected chi connectivity index (χ1v) is 7.65. The van der Waals surface area contributed by atoms with Gasteiger partial charge in [0.25, 0.3) is 5.56 Å². The first-order valence-electron chi connectivity index (χ1n) is 7.65. The highest BCUT2D eigenvalue weighted by Crippen LogP contribution is 2.09. The zero-order valence-electron chi connectivity index (χ0n) is 13.3. The number of carbonyl (C=O) groups is 1. The number of nitrogens with zero attached hydrogens (tertiary/aromatic N) is 3. The molecule has 0 aliphatic heterocycles. The molecule has 1 amide bonds. The Bertz CT molecular complexity index is 939. The van der Waals surface area contributed by atoms with E-state index < -0.39 is 0 Å². The fourth-order valence-corrected chi connectivity index (χ4v) is 2.51. The van der Waals surface area contributed by atoms with Crippen LogP contribution in [0.5, 0.6) is 0 Å². The van der Waals surface area contributed by atoms with Crippen molar-refractivity contribution in [2.24, 2.45) is 7.05 Å². The zero-order valence-corrected chi connectivity index (χ0v) is 13.3. The fraction of sp³-hybridized carbons (Fsp3) is 0.167. The molecule has 0 aliphatic carbocycles. The minimum atomic E-state index is -0.202. The van der Waals surface area contributed by atoms with Crippen LogP contribution in [0.3, 0.4) is 0 Å². The van der Waals surface area contributed by atoms with Crippen LogP contribution in [-0.2, 0) is 18.4 Å². The molecule has 6 nitrogen and oxygen atoms in total. The van der Waals surface area contributed by atoms with Crippen molar-refractivity contribution in [2.75, 3.05) is 6.54 Å². The molecule has 0 saturated heterocycles. The predicted octanol–water partition coefficient (Wildman–Crippen LogP) is 1.56. The average molecular weight is 322 g/mol. The predicted molar refractivity (Wildman–Crippen MR) is 93.5 cm³/mol. The van der Waals surface area contributed by atoms with Gasteiger partial charge in [0.05, 0.1) is 0 Å². The number of rotatable bonds is 5. The number of amides is 1. The molecule has 24 heavy (non-hydrogen) atoms. The zero-order chi connectivity index (χ0) is 16.9. The van der Waals surface area contributed by atoms with Crippen molar-refractivity contribution >= 4 is 22.9 Å². The van der Waals surface area contributed by atoms with Crippen LogP contribution in [0.15, 0.2) is 59.9 Å². The van der Waals surface area contributed by atoms with Crippen molar-refractivity contribution in [3.05, 3.63) is 71.0 Å². The third-order valence-corrected chi connectivity index (χ3v) is 3.76. The van der Waals surface area contributed by atoms with Gasteiger partial charge in [-0.25, -0.2) is 0 Å². The van der Waals surface area contributed by atoms with Gasteiger partial charge in [-0.1, -0.05) is 6.07 Å². The average Bonchev–Trinajstić information content (AvgIpc) is 2.98. The summed E-state index contributed by atoms with van der Waals surface area (Å²) in [5.41, 5.74) is 1.47. The molecule has 3 rings (SSSR count). The number of aromatic nitrogens is 3.